The first-order chi connectivity index (χ1) is 15.7. The SMILES string of the molecule is COc1ccccc1-n1c(SCCO)nc2c(c1=O)C1(CCCCC1)Cc1ccccc1-2. The van der Waals surface area contributed by atoms with Crippen molar-refractivity contribution in [1.29, 1.82) is 0 Å². The minimum atomic E-state index is -0.171. The lowest BCUT2D eigenvalue weighted by atomic mass is 9.62. The lowest BCUT2D eigenvalue weighted by molar-refractivity contribution is 0.283. The highest BCUT2D eigenvalue weighted by atomic mass is 32.2. The van der Waals surface area contributed by atoms with Crippen LogP contribution in [0.4, 0.5) is 0 Å². The number of aliphatic hydroxyl groups is 1. The van der Waals surface area contributed by atoms with Crippen LogP contribution in [0.3, 0.4) is 0 Å². The molecule has 6 heteroatoms. The average molecular weight is 449 g/mol. The van der Waals surface area contributed by atoms with Crippen LogP contribution in [0, 0.1) is 0 Å². The van der Waals surface area contributed by atoms with Crippen molar-refractivity contribution in [3.05, 3.63) is 70.0 Å². The Labute approximate surface area is 192 Å². The zero-order chi connectivity index (χ0) is 22.1. The van der Waals surface area contributed by atoms with E-state index in [4.69, 9.17) is 9.72 Å². The molecule has 0 unspecified atom stereocenters. The summed E-state index contributed by atoms with van der Waals surface area (Å²) in [7, 11) is 1.62. The van der Waals surface area contributed by atoms with E-state index in [2.05, 4.69) is 18.2 Å². The average Bonchev–Trinajstić information content (AvgIpc) is 2.83. The smallest absolute Gasteiger partial charge is 0.263 e. The Morgan fingerprint density at radius 1 is 1.09 bits per heavy atom. The predicted molar refractivity (Wildman–Crippen MR) is 128 cm³/mol. The van der Waals surface area contributed by atoms with Gasteiger partial charge in [-0.1, -0.05) is 67.4 Å². The largest absolute Gasteiger partial charge is 0.495 e. The zero-order valence-corrected chi connectivity index (χ0v) is 19.2. The molecule has 0 amide bonds. The molecule has 2 aliphatic rings. The van der Waals surface area contributed by atoms with Gasteiger partial charge in [0.25, 0.3) is 5.56 Å². The summed E-state index contributed by atoms with van der Waals surface area (Å²) in [5, 5.41) is 10.1. The van der Waals surface area contributed by atoms with E-state index in [9.17, 15) is 9.90 Å². The molecular weight excluding hydrogens is 420 g/mol. The fourth-order valence-electron chi connectivity index (χ4n) is 5.45. The number of aliphatic hydroxyl groups excluding tert-OH is 1. The summed E-state index contributed by atoms with van der Waals surface area (Å²) in [5.41, 5.74) is 4.55. The Balaban J connectivity index is 1.84. The summed E-state index contributed by atoms with van der Waals surface area (Å²) in [6, 6.07) is 16.0. The number of benzene rings is 2. The number of para-hydroxylation sites is 2. The first kappa shape index (κ1) is 21.3. The van der Waals surface area contributed by atoms with Gasteiger partial charge in [0.2, 0.25) is 0 Å². The minimum Gasteiger partial charge on any atom is -0.495 e. The molecular formula is C26H28N2O3S. The van der Waals surface area contributed by atoms with Crippen molar-refractivity contribution in [2.24, 2.45) is 0 Å². The number of rotatable bonds is 5. The van der Waals surface area contributed by atoms with Crippen LogP contribution in [0.2, 0.25) is 0 Å². The Kier molecular flexibility index (Phi) is 5.82. The molecule has 1 heterocycles. The minimum absolute atomic E-state index is 0.00339. The third-order valence-corrected chi connectivity index (χ3v) is 7.76. The fraction of sp³-hybridized carbons (Fsp3) is 0.385. The van der Waals surface area contributed by atoms with Gasteiger partial charge in [-0.15, -0.1) is 0 Å². The molecule has 0 atom stereocenters. The van der Waals surface area contributed by atoms with Crippen molar-refractivity contribution in [1.82, 2.24) is 9.55 Å². The maximum absolute atomic E-state index is 14.3. The highest BCUT2D eigenvalue weighted by Gasteiger charge is 2.43. The van der Waals surface area contributed by atoms with Gasteiger partial charge in [-0.25, -0.2) is 4.98 Å². The van der Waals surface area contributed by atoms with Gasteiger partial charge >= 0.3 is 0 Å². The van der Waals surface area contributed by atoms with Gasteiger partial charge in [0, 0.05) is 16.7 Å². The van der Waals surface area contributed by atoms with Crippen molar-refractivity contribution >= 4 is 11.8 Å². The van der Waals surface area contributed by atoms with E-state index in [1.807, 2.05) is 30.3 Å². The Morgan fingerprint density at radius 3 is 2.62 bits per heavy atom. The van der Waals surface area contributed by atoms with Crippen LogP contribution >= 0.6 is 11.8 Å². The third kappa shape index (κ3) is 3.46. The summed E-state index contributed by atoms with van der Waals surface area (Å²) in [5.74, 6) is 1.10. The maximum Gasteiger partial charge on any atom is 0.263 e. The van der Waals surface area contributed by atoms with E-state index >= 15 is 0 Å². The van der Waals surface area contributed by atoms with E-state index in [1.165, 1.54) is 23.7 Å². The van der Waals surface area contributed by atoms with Crippen molar-refractivity contribution in [3.8, 4) is 22.7 Å². The first-order valence-corrected chi connectivity index (χ1v) is 12.3. The number of fused-ring (bicyclic) bond motifs is 4. The molecule has 5 rings (SSSR count). The van der Waals surface area contributed by atoms with Gasteiger partial charge in [0.05, 0.1) is 30.7 Å². The highest BCUT2D eigenvalue weighted by molar-refractivity contribution is 7.99. The van der Waals surface area contributed by atoms with Crippen molar-refractivity contribution in [2.45, 2.75) is 49.1 Å². The Hall–Kier alpha value is -2.57. The molecule has 0 bridgehead atoms. The summed E-state index contributed by atoms with van der Waals surface area (Å²) >= 11 is 1.40. The molecule has 1 spiro atoms. The van der Waals surface area contributed by atoms with Crippen LogP contribution in [0.25, 0.3) is 16.9 Å². The first-order valence-electron chi connectivity index (χ1n) is 11.3. The second-order valence-electron chi connectivity index (χ2n) is 8.68. The molecule has 0 saturated heterocycles. The maximum atomic E-state index is 14.3. The number of hydrogen-bond donors (Lipinski definition) is 1. The van der Waals surface area contributed by atoms with Crippen LogP contribution in [-0.4, -0.2) is 34.1 Å². The molecule has 1 saturated carbocycles. The third-order valence-electron chi connectivity index (χ3n) is 6.84. The van der Waals surface area contributed by atoms with Crippen LogP contribution in [-0.2, 0) is 11.8 Å². The quantitative estimate of drug-likeness (QED) is 0.451. The fourth-order valence-corrected chi connectivity index (χ4v) is 6.19. The number of nitrogens with zero attached hydrogens (tertiary/aromatic N) is 2. The van der Waals surface area contributed by atoms with Crippen molar-refractivity contribution in [2.75, 3.05) is 19.5 Å². The molecule has 1 N–H and O–H groups in total. The van der Waals surface area contributed by atoms with Crippen LogP contribution < -0.4 is 10.3 Å². The summed E-state index contributed by atoms with van der Waals surface area (Å²) in [6.45, 7) is 0.0179. The molecule has 3 aromatic rings. The highest BCUT2D eigenvalue weighted by Crippen LogP contribution is 2.49. The Morgan fingerprint density at radius 2 is 1.84 bits per heavy atom. The van der Waals surface area contributed by atoms with Gasteiger partial charge in [0.15, 0.2) is 5.16 Å². The molecule has 1 aromatic heterocycles. The van der Waals surface area contributed by atoms with Crippen molar-refractivity contribution in [3.63, 3.8) is 0 Å². The van der Waals surface area contributed by atoms with E-state index < -0.39 is 0 Å². The predicted octanol–water partition coefficient (Wildman–Crippen LogP) is 4.75. The van der Waals surface area contributed by atoms with Gasteiger partial charge < -0.3 is 9.84 Å². The second kappa shape index (κ2) is 8.75. The second-order valence-corrected chi connectivity index (χ2v) is 9.74. The van der Waals surface area contributed by atoms with Crippen molar-refractivity contribution < 1.29 is 9.84 Å². The number of thioether (sulfide) groups is 1. The topological polar surface area (TPSA) is 64.3 Å². The Bertz CT molecular complexity index is 1200. The van der Waals surface area contributed by atoms with E-state index in [0.29, 0.717) is 22.3 Å². The van der Waals surface area contributed by atoms with E-state index in [1.54, 1.807) is 11.7 Å². The standard InChI is InChI=1S/C26H28N2O3S/c1-31-21-12-6-5-11-20(21)28-24(30)22-23(27-25(28)32-16-15-29)19-10-4-3-9-18(19)17-26(22)13-7-2-8-14-26/h3-6,9-12,29H,2,7-8,13-17H2,1H3. The zero-order valence-electron chi connectivity index (χ0n) is 18.3. The lowest BCUT2D eigenvalue weighted by Crippen LogP contribution is -2.43. The molecule has 166 valence electrons. The monoisotopic (exact) mass is 448 g/mol. The summed E-state index contributed by atoms with van der Waals surface area (Å²) in [4.78, 5) is 19.5. The number of aromatic nitrogens is 2. The summed E-state index contributed by atoms with van der Waals surface area (Å²) < 4.78 is 7.32. The molecule has 0 aliphatic heterocycles. The van der Waals surface area contributed by atoms with Gasteiger partial charge in [-0.2, -0.15) is 0 Å². The molecule has 2 aromatic carbocycles. The summed E-state index contributed by atoms with van der Waals surface area (Å²) in [6.07, 6.45) is 6.41. The number of ether oxygens (including phenoxy) is 1. The number of methoxy groups -OCH3 is 1. The van der Waals surface area contributed by atoms with E-state index in [0.717, 1.165) is 48.9 Å². The van der Waals surface area contributed by atoms with Crippen LogP contribution in [0.15, 0.2) is 58.5 Å². The molecule has 32 heavy (non-hydrogen) atoms. The molecule has 2 aliphatic carbocycles. The van der Waals surface area contributed by atoms with Gasteiger partial charge in [0.1, 0.15) is 5.75 Å². The van der Waals surface area contributed by atoms with E-state index in [-0.39, 0.29) is 17.6 Å². The van der Waals surface area contributed by atoms with Crippen LogP contribution in [0.5, 0.6) is 5.75 Å². The van der Waals surface area contributed by atoms with Gasteiger partial charge in [-0.05, 0) is 37.0 Å². The molecule has 1 fully saturated rings. The van der Waals surface area contributed by atoms with Crippen LogP contribution in [0.1, 0.15) is 43.2 Å². The van der Waals surface area contributed by atoms with Gasteiger partial charge in [-0.3, -0.25) is 9.36 Å². The molecule has 5 nitrogen and oxygen atoms in total. The number of hydrogen-bond acceptors (Lipinski definition) is 5. The molecule has 0 radical (unpaired) electrons. The normalized spacial score (nSPS) is 16.4. The lowest BCUT2D eigenvalue weighted by Gasteiger charge is -2.42.